The van der Waals surface area contributed by atoms with Gasteiger partial charge in [0.1, 0.15) is 6.04 Å². The molecule has 1 unspecified atom stereocenters. The molecule has 0 amide bonds. The molecule has 0 N–H and O–H groups in total. The van der Waals surface area contributed by atoms with Gasteiger partial charge < -0.3 is 14.2 Å². The average molecular weight is 499 g/mol. The minimum atomic E-state index is -0.584. The number of allylic oxidation sites excluding steroid dienone is 1. The number of thiophene rings is 1. The number of hydrogen-bond acceptors (Lipinski definition) is 8. The number of rotatable bonds is 7. The van der Waals surface area contributed by atoms with Crippen LogP contribution in [0.25, 0.3) is 6.08 Å². The molecule has 1 aliphatic rings. The molecular formula is C25H26N2O5S2. The minimum Gasteiger partial charge on any atom is -0.493 e. The van der Waals surface area contributed by atoms with E-state index < -0.39 is 12.0 Å². The second-order valence-corrected chi connectivity index (χ2v) is 9.88. The summed E-state index contributed by atoms with van der Waals surface area (Å²) in [6.07, 6.45) is 1.52. The van der Waals surface area contributed by atoms with Crippen molar-refractivity contribution in [1.29, 1.82) is 0 Å². The van der Waals surface area contributed by atoms with Crippen LogP contribution in [0.15, 0.2) is 56.8 Å². The number of carbonyl (C=O) groups is 1. The highest BCUT2D eigenvalue weighted by Crippen LogP contribution is 2.33. The Hall–Kier alpha value is -3.17. The molecule has 0 radical (unpaired) electrons. The number of nitrogens with zero attached hydrogens (tertiary/aromatic N) is 2. The summed E-state index contributed by atoms with van der Waals surface area (Å²) >= 11 is 2.78. The van der Waals surface area contributed by atoms with Gasteiger partial charge in [0.2, 0.25) is 0 Å². The van der Waals surface area contributed by atoms with Crippen LogP contribution in [-0.4, -0.2) is 30.4 Å². The number of aromatic nitrogens is 1. The van der Waals surface area contributed by atoms with Crippen molar-refractivity contribution < 1.29 is 19.0 Å². The van der Waals surface area contributed by atoms with Gasteiger partial charge in [0.05, 0.1) is 35.6 Å². The maximum Gasteiger partial charge on any atom is 0.338 e. The van der Waals surface area contributed by atoms with E-state index in [1.807, 2.05) is 42.6 Å². The molecule has 1 atom stereocenters. The van der Waals surface area contributed by atoms with Crippen LogP contribution in [0.2, 0.25) is 0 Å². The van der Waals surface area contributed by atoms with Crippen LogP contribution >= 0.6 is 22.7 Å². The van der Waals surface area contributed by atoms with Crippen molar-refractivity contribution in [3.8, 4) is 11.5 Å². The largest absolute Gasteiger partial charge is 0.493 e. The van der Waals surface area contributed by atoms with E-state index in [4.69, 9.17) is 14.2 Å². The zero-order valence-corrected chi connectivity index (χ0v) is 21.3. The Morgan fingerprint density at radius 2 is 2.06 bits per heavy atom. The standard InChI is InChI=1S/C25H26N2O5S2/c1-6-31-17-10-9-16(12-18(17)30-5)13-20-23(28)27-22(19-8-7-11-33-19)21(24(29)32-14(2)3)15(4)26-25(27)34-20/h7-14,22H,6H2,1-5H3. The van der Waals surface area contributed by atoms with E-state index in [0.29, 0.717) is 38.7 Å². The molecule has 0 saturated carbocycles. The maximum atomic E-state index is 13.6. The molecule has 4 rings (SSSR count). The molecule has 1 aromatic carbocycles. The summed E-state index contributed by atoms with van der Waals surface area (Å²) in [6.45, 7) is 7.82. The van der Waals surface area contributed by atoms with Crippen molar-refractivity contribution in [2.75, 3.05) is 13.7 Å². The van der Waals surface area contributed by atoms with Crippen LogP contribution in [0.5, 0.6) is 11.5 Å². The van der Waals surface area contributed by atoms with Crippen molar-refractivity contribution in [3.63, 3.8) is 0 Å². The van der Waals surface area contributed by atoms with E-state index in [1.165, 1.54) is 22.7 Å². The lowest BCUT2D eigenvalue weighted by molar-refractivity contribution is -0.143. The Morgan fingerprint density at radius 3 is 2.71 bits per heavy atom. The summed E-state index contributed by atoms with van der Waals surface area (Å²) in [5.41, 5.74) is 1.53. The number of thiazole rings is 1. The van der Waals surface area contributed by atoms with E-state index in [1.54, 1.807) is 38.5 Å². The first kappa shape index (κ1) is 24.0. The summed E-state index contributed by atoms with van der Waals surface area (Å²) in [6, 6.07) is 8.77. The number of fused-ring (bicyclic) bond motifs is 1. The van der Waals surface area contributed by atoms with Crippen LogP contribution in [-0.2, 0) is 9.53 Å². The third kappa shape index (κ3) is 4.58. The molecule has 2 aromatic heterocycles. The Balaban J connectivity index is 1.86. The fourth-order valence-electron chi connectivity index (χ4n) is 3.78. The van der Waals surface area contributed by atoms with Crippen molar-refractivity contribution in [2.45, 2.75) is 39.8 Å². The zero-order valence-electron chi connectivity index (χ0n) is 19.7. The zero-order chi connectivity index (χ0) is 24.4. The number of carbonyl (C=O) groups excluding carboxylic acids is 1. The molecule has 3 heterocycles. The predicted molar refractivity (Wildman–Crippen MR) is 133 cm³/mol. The van der Waals surface area contributed by atoms with Crippen molar-refractivity contribution in [3.05, 3.63) is 77.1 Å². The Morgan fingerprint density at radius 1 is 1.26 bits per heavy atom. The maximum absolute atomic E-state index is 13.6. The molecule has 7 nitrogen and oxygen atoms in total. The van der Waals surface area contributed by atoms with E-state index in [2.05, 4.69) is 4.99 Å². The van der Waals surface area contributed by atoms with Crippen molar-refractivity contribution >= 4 is 34.7 Å². The number of esters is 1. The Kier molecular flexibility index (Phi) is 7.04. The van der Waals surface area contributed by atoms with Gasteiger partial charge in [-0.25, -0.2) is 9.79 Å². The second kappa shape index (κ2) is 9.99. The summed E-state index contributed by atoms with van der Waals surface area (Å²) in [7, 11) is 1.58. The first-order valence-electron chi connectivity index (χ1n) is 10.9. The van der Waals surface area contributed by atoms with E-state index in [9.17, 15) is 9.59 Å². The monoisotopic (exact) mass is 498 g/mol. The molecule has 1 aliphatic heterocycles. The summed E-state index contributed by atoms with van der Waals surface area (Å²) in [5.74, 6) is 0.778. The Bertz CT molecular complexity index is 1410. The number of methoxy groups -OCH3 is 1. The van der Waals surface area contributed by atoms with Crippen molar-refractivity contribution in [2.24, 2.45) is 4.99 Å². The predicted octanol–water partition coefficient (Wildman–Crippen LogP) is 3.66. The van der Waals surface area contributed by atoms with Gasteiger partial charge in [-0.1, -0.05) is 23.5 Å². The topological polar surface area (TPSA) is 79.1 Å². The summed E-state index contributed by atoms with van der Waals surface area (Å²) < 4.78 is 18.6. The smallest absolute Gasteiger partial charge is 0.338 e. The number of ether oxygens (including phenoxy) is 3. The lowest BCUT2D eigenvalue weighted by Crippen LogP contribution is -2.39. The second-order valence-electron chi connectivity index (χ2n) is 7.89. The van der Waals surface area contributed by atoms with Gasteiger partial charge in [-0.3, -0.25) is 9.36 Å². The highest BCUT2D eigenvalue weighted by molar-refractivity contribution is 7.10. The quantitative estimate of drug-likeness (QED) is 0.465. The molecule has 0 spiro atoms. The molecule has 0 aliphatic carbocycles. The summed E-state index contributed by atoms with van der Waals surface area (Å²) in [5, 5.41) is 1.93. The first-order chi connectivity index (χ1) is 16.3. The van der Waals surface area contributed by atoms with Gasteiger partial charge in [0, 0.05) is 4.88 Å². The minimum absolute atomic E-state index is 0.211. The van der Waals surface area contributed by atoms with Gasteiger partial charge >= 0.3 is 5.97 Å². The molecule has 34 heavy (non-hydrogen) atoms. The number of hydrogen-bond donors (Lipinski definition) is 0. The van der Waals surface area contributed by atoms with Gasteiger partial charge in [-0.05, 0) is 62.9 Å². The Labute approximate surface area is 205 Å². The molecule has 178 valence electrons. The highest BCUT2D eigenvalue weighted by Gasteiger charge is 2.34. The van der Waals surface area contributed by atoms with Crippen LogP contribution in [0.4, 0.5) is 0 Å². The first-order valence-corrected chi connectivity index (χ1v) is 12.6. The third-order valence-corrected chi connectivity index (χ3v) is 7.09. The lowest BCUT2D eigenvalue weighted by Gasteiger charge is -2.24. The van der Waals surface area contributed by atoms with Gasteiger partial charge in [0.25, 0.3) is 5.56 Å². The van der Waals surface area contributed by atoms with Gasteiger partial charge in [-0.2, -0.15) is 0 Å². The van der Waals surface area contributed by atoms with Crippen LogP contribution < -0.4 is 24.4 Å². The molecular weight excluding hydrogens is 472 g/mol. The third-order valence-electron chi connectivity index (χ3n) is 5.18. The van der Waals surface area contributed by atoms with Gasteiger partial charge in [-0.15, -0.1) is 11.3 Å². The van der Waals surface area contributed by atoms with E-state index >= 15 is 0 Å². The average Bonchev–Trinajstić information content (AvgIpc) is 3.42. The fourth-order valence-corrected chi connectivity index (χ4v) is 5.65. The molecule has 3 aromatic rings. The van der Waals surface area contributed by atoms with Gasteiger partial charge in [0.15, 0.2) is 16.3 Å². The lowest BCUT2D eigenvalue weighted by atomic mass is 10.0. The summed E-state index contributed by atoms with van der Waals surface area (Å²) in [4.78, 5) is 32.7. The SMILES string of the molecule is CCOc1ccc(C=c2sc3n(c2=O)C(c2cccs2)C(C(=O)OC(C)C)=C(C)N=3)cc1OC. The molecule has 0 bridgehead atoms. The van der Waals surface area contributed by atoms with E-state index in [-0.39, 0.29) is 11.7 Å². The van der Waals surface area contributed by atoms with Crippen LogP contribution in [0.1, 0.15) is 44.2 Å². The number of benzene rings is 1. The molecule has 0 saturated heterocycles. The molecule has 0 fully saturated rings. The van der Waals surface area contributed by atoms with Crippen LogP contribution in [0.3, 0.4) is 0 Å². The molecule has 9 heteroatoms. The van der Waals surface area contributed by atoms with E-state index in [0.717, 1.165) is 10.4 Å². The normalized spacial score (nSPS) is 15.8. The highest BCUT2D eigenvalue weighted by atomic mass is 32.1. The van der Waals surface area contributed by atoms with Crippen molar-refractivity contribution in [1.82, 2.24) is 4.57 Å². The fraction of sp³-hybridized carbons (Fsp3) is 0.320. The van der Waals surface area contributed by atoms with Crippen LogP contribution in [0, 0.1) is 0 Å².